The van der Waals surface area contributed by atoms with Gasteiger partial charge >= 0.3 is 0 Å². The number of nitro groups is 1. The summed E-state index contributed by atoms with van der Waals surface area (Å²) in [6.45, 7) is 2.62. The van der Waals surface area contributed by atoms with Crippen molar-refractivity contribution in [3.05, 3.63) is 44.1 Å². The van der Waals surface area contributed by atoms with Crippen LogP contribution in [-0.4, -0.2) is 21.4 Å². The number of halogens is 2. The number of anilines is 1. The lowest BCUT2D eigenvalue weighted by atomic mass is 10.3. The van der Waals surface area contributed by atoms with Crippen molar-refractivity contribution in [2.45, 2.75) is 6.92 Å². The van der Waals surface area contributed by atoms with Crippen LogP contribution >= 0.6 is 27.5 Å². The van der Waals surface area contributed by atoms with Gasteiger partial charge in [-0.1, -0.05) is 11.6 Å². The van der Waals surface area contributed by atoms with Gasteiger partial charge in [0.1, 0.15) is 22.4 Å². The van der Waals surface area contributed by atoms with E-state index in [0.717, 1.165) is 0 Å². The van der Waals surface area contributed by atoms with Crippen molar-refractivity contribution in [3.8, 4) is 11.6 Å². The minimum Gasteiger partial charge on any atom is -0.436 e. The zero-order chi connectivity index (χ0) is 15.4. The van der Waals surface area contributed by atoms with Gasteiger partial charge in [0.2, 0.25) is 5.88 Å². The van der Waals surface area contributed by atoms with Crippen molar-refractivity contribution in [1.82, 2.24) is 9.97 Å². The molecule has 2 rings (SSSR count). The lowest BCUT2D eigenvalue weighted by Gasteiger charge is -2.10. The van der Waals surface area contributed by atoms with Crippen molar-refractivity contribution < 1.29 is 9.66 Å². The molecule has 0 spiro atoms. The van der Waals surface area contributed by atoms with E-state index < -0.39 is 4.92 Å². The Morgan fingerprint density at radius 3 is 2.86 bits per heavy atom. The molecule has 0 fully saturated rings. The van der Waals surface area contributed by atoms with Crippen molar-refractivity contribution >= 4 is 39.0 Å². The topological polar surface area (TPSA) is 90.2 Å². The number of non-ortho nitro benzene ring substituents is 1. The second-order valence-corrected chi connectivity index (χ2v) is 5.05. The van der Waals surface area contributed by atoms with Crippen LogP contribution in [0.3, 0.4) is 0 Å². The summed E-state index contributed by atoms with van der Waals surface area (Å²) in [4.78, 5) is 18.2. The standard InChI is InChI=1S/C12H10BrClN4O3/c1-2-15-11-10(13)12(17-6-16-11)21-9-4-3-7(18(19)20)5-8(9)14/h3-6H,2H2,1H3,(H,15,16,17). The van der Waals surface area contributed by atoms with Gasteiger partial charge in [-0.25, -0.2) is 9.97 Å². The van der Waals surface area contributed by atoms with Gasteiger partial charge in [-0.15, -0.1) is 0 Å². The van der Waals surface area contributed by atoms with Gasteiger partial charge in [0.15, 0.2) is 0 Å². The van der Waals surface area contributed by atoms with Crippen molar-refractivity contribution in [2.75, 3.05) is 11.9 Å². The van der Waals surface area contributed by atoms with E-state index in [-0.39, 0.29) is 22.3 Å². The van der Waals surface area contributed by atoms with E-state index in [9.17, 15) is 10.1 Å². The molecular weight excluding hydrogens is 364 g/mol. The highest BCUT2D eigenvalue weighted by Gasteiger charge is 2.14. The smallest absolute Gasteiger partial charge is 0.271 e. The van der Waals surface area contributed by atoms with Crippen molar-refractivity contribution in [1.29, 1.82) is 0 Å². The van der Waals surface area contributed by atoms with Crippen LogP contribution in [-0.2, 0) is 0 Å². The van der Waals surface area contributed by atoms with E-state index in [1.54, 1.807) is 0 Å². The summed E-state index contributed by atoms with van der Waals surface area (Å²) in [5.41, 5.74) is -0.109. The highest BCUT2D eigenvalue weighted by Crippen LogP contribution is 2.36. The molecule has 0 unspecified atom stereocenters. The van der Waals surface area contributed by atoms with Gasteiger partial charge in [-0.3, -0.25) is 10.1 Å². The molecule has 9 heteroatoms. The number of nitrogens with one attached hydrogen (secondary N) is 1. The molecule has 21 heavy (non-hydrogen) atoms. The van der Waals surface area contributed by atoms with E-state index in [1.807, 2.05) is 6.92 Å². The molecule has 0 radical (unpaired) electrons. The average Bonchev–Trinajstić information content (AvgIpc) is 2.45. The SMILES string of the molecule is CCNc1ncnc(Oc2ccc([N+](=O)[O-])cc2Cl)c1Br. The molecule has 0 aliphatic heterocycles. The first kappa shape index (κ1) is 15.5. The Hall–Kier alpha value is -1.93. The first-order valence-electron chi connectivity index (χ1n) is 5.89. The zero-order valence-electron chi connectivity index (χ0n) is 10.8. The highest BCUT2D eigenvalue weighted by atomic mass is 79.9. The first-order chi connectivity index (χ1) is 10.0. The van der Waals surface area contributed by atoms with Gasteiger partial charge in [0.25, 0.3) is 5.69 Å². The number of aromatic nitrogens is 2. The molecule has 0 saturated carbocycles. The normalized spacial score (nSPS) is 10.2. The van der Waals surface area contributed by atoms with Crippen LogP contribution in [0.5, 0.6) is 11.6 Å². The zero-order valence-corrected chi connectivity index (χ0v) is 13.2. The summed E-state index contributed by atoms with van der Waals surface area (Å²) in [6.07, 6.45) is 1.34. The third-order valence-electron chi connectivity index (χ3n) is 2.43. The van der Waals surface area contributed by atoms with E-state index in [2.05, 4.69) is 31.2 Å². The van der Waals surface area contributed by atoms with E-state index >= 15 is 0 Å². The Bertz CT molecular complexity index is 684. The molecule has 1 aromatic heterocycles. The fourth-order valence-electron chi connectivity index (χ4n) is 1.51. The Kier molecular flexibility index (Phi) is 4.92. The minimum atomic E-state index is -0.528. The van der Waals surface area contributed by atoms with Gasteiger partial charge in [-0.05, 0) is 28.9 Å². The lowest BCUT2D eigenvalue weighted by Crippen LogP contribution is -2.02. The van der Waals surface area contributed by atoms with Crippen LogP contribution in [0, 0.1) is 10.1 Å². The van der Waals surface area contributed by atoms with Gasteiger partial charge in [-0.2, -0.15) is 0 Å². The predicted molar refractivity (Wildman–Crippen MR) is 82.1 cm³/mol. The minimum absolute atomic E-state index is 0.109. The van der Waals surface area contributed by atoms with Crippen LogP contribution in [0.15, 0.2) is 29.0 Å². The van der Waals surface area contributed by atoms with E-state index in [1.165, 1.54) is 24.5 Å². The summed E-state index contributed by atoms with van der Waals surface area (Å²) >= 11 is 9.31. The van der Waals surface area contributed by atoms with Gasteiger partial charge < -0.3 is 10.1 Å². The number of ether oxygens (including phenoxy) is 1. The predicted octanol–water partition coefficient (Wildman–Crippen LogP) is 4.02. The van der Waals surface area contributed by atoms with Gasteiger partial charge in [0, 0.05) is 18.7 Å². The van der Waals surface area contributed by atoms with Crippen LogP contribution in [0.4, 0.5) is 11.5 Å². The highest BCUT2D eigenvalue weighted by molar-refractivity contribution is 9.10. The Morgan fingerprint density at radius 2 is 2.24 bits per heavy atom. The van der Waals surface area contributed by atoms with E-state index in [4.69, 9.17) is 16.3 Å². The first-order valence-corrected chi connectivity index (χ1v) is 7.06. The number of rotatable bonds is 5. The molecule has 0 aliphatic carbocycles. The Labute approximate surface area is 133 Å². The number of hydrogen-bond acceptors (Lipinski definition) is 6. The fourth-order valence-corrected chi connectivity index (χ4v) is 2.14. The monoisotopic (exact) mass is 372 g/mol. The molecule has 0 aliphatic rings. The third-order valence-corrected chi connectivity index (χ3v) is 3.44. The maximum atomic E-state index is 10.7. The van der Waals surface area contributed by atoms with E-state index in [0.29, 0.717) is 16.8 Å². The molecule has 0 amide bonds. The summed E-state index contributed by atoms with van der Waals surface area (Å²) < 4.78 is 6.11. The molecule has 1 aromatic carbocycles. The summed E-state index contributed by atoms with van der Waals surface area (Å²) in [7, 11) is 0. The molecular formula is C12H10BrClN4O3. The van der Waals surface area contributed by atoms with Crippen molar-refractivity contribution in [3.63, 3.8) is 0 Å². The number of benzene rings is 1. The van der Waals surface area contributed by atoms with Crippen LogP contribution in [0.2, 0.25) is 5.02 Å². The van der Waals surface area contributed by atoms with Crippen LogP contribution in [0.1, 0.15) is 6.92 Å². The molecule has 1 heterocycles. The average molecular weight is 374 g/mol. The summed E-state index contributed by atoms with van der Waals surface area (Å²) in [6, 6.07) is 3.95. The number of nitro benzene ring substituents is 1. The molecule has 2 aromatic rings. The van der Waals surface area contributed by atoms with Gasteiger partial charge in [0.05, 0.1) is 9.95 Å². The second kappa shape index (κ2) is 6.68. The molecule has 0 atom stereocenters. The van der Waals surface area contributed by atoms with Crippen molar-refractivity contribution in [2.24, 2.45) is 0 Å². The largest absolute Gasteiger partial charge is 0.436 e. The Morgan fingerprint density at radius 1 is 1.48 bits per heavy atom. The molecule has 1 N–H and O–H groups in total. The summed E-state index contributed by atoms with van der Waals surface area (Å²) in [5.74, 6) is 1.11. The second-order valence-electron chi connectivity index (χ2n) is 3.85. The molecule has 110 valence electrons. The maximum absolute atomic E-state index is 10.7. The lowest BCUT2D eigenvalue weighted by molar-refractivity contribution is -0.384. The Balaban J connectivity index is 2.30. The number of hydrogen-bond donors (Lipinski definition) is 1. The summed E-state index contributed by atoms with van der Waals surface area (Å²) in [5, 5.41) is 13.8. The molecule has 0 bridgehead atoms. The third kappa shape index (κ3) is 3.59. The number of nitrogens with zero attached hydrogens (tertiary/aromatic N) is 3. The molecule has 7 nitrogen and oxygen atoms in total. The fraction of sp³-hybridized carbons (Fsp3) is 0.167. The maximum Gasteiger partial charge on any atom is 0.271 e. The quantitative estimate of drug-likeness (QED) is 0.628. The van der Waals surface area contributed by atoms with Crippen LogP contribution < -0.4 is 10.1 Å². The molecule has 0 saturated heterocycles. The van der Waals surface area contributed by atoms with Crippen LogP contribution in [0.25, 0.3) is 0 Å².